The van der Waals surface area contributed by atoms with Crippen LogP contribution in [0.3, 0.4) is 0 Å². The minimum Gasteiger partial charge on any atom is -0.464 e. The summed E-state index contributed by atoms with van der Waals surface area (Å²) in [5.41, 5.74) is 5.32. The van der Waals surface area contributed by atoms with Gasteiger partial charge in [0, 0.05) is 19.6 Å². The van der Waals surface area contributed by atoms with E-state index in [1.165, 1.54) is 0 Å². The second-order valence-electron chi connectivity index (χ2n) is 7.53. The maximum Gasteiger partial charge on any atom is 0.308 e. The SMILES string of the molecule is CC(=O)CC(C[N+](C)(C)C)OCC(C)CC(C)C(=O)OCCN. The Morgan fingerprint density at radius 2 is 1.78 bits per heavy atom. The molecule has 0 radical (unpaired) electrons. The summed E-state index contributed by atoms with van der Waals surface area (Å²) in [4.78, 5) is 23.1. The summed E-state index contributed by atoms with van der Waals surface area (Å²) in [7, 11) is 6.24. The molecular formula is C17H35N2O4+. The van der Waals surface area contributed by atoms with Gasteiger partial charge in [0.2, 0.25) is 0 Å². The van der Waals surface area contributed by atoms with Gasteiger partial charge in [-0.2, -0.15) is 0 Å². The Balaban J connectivity index is 4.31. The number of ether oxygens (including phenoxy) is 2. The lowest BCUT2D eigenvalue weighted by atomic mass is 9.98. The fourth-order valence-corrected chi connectivity index (χ4v) is 2.48. The van der Waals surface area contributed by atoms with Crippen LogP contribution >= 0.6 is 0 Å². The van der Waals surface area contributed by atoms with Gasteiger partial charge < -0.3 is 19.7 Å². The fraction of sp³-hybridized carbons (Fsp3) is 0.882. The zero-order valence-corrected chi connectivity index (χ0v) is 15.6. The van der Waals surface area contributed by atoms with Gasteiger partial charge in [0.25, 0.3) is 0 Å². The summed E-state index contributed by atoms with van der Waals surface area (Å²) in [6.45, 7) is 7.41. The highest BCUT2D eigenvalue weighted by Gasteiger charge is 2.23. The Morgan fingerprint density at radius 1 is 1.17 bits per heavy atom. The van der Waals surface area contributed by atoms with Crippen LogP contribution in [0.4, 0.5) is 0 Å². The van der Waals surface area contributed by atoms with Crippen molar-refractivity contribution < 1.29 is 23.5 Å². The number of nitrogens with two attached hydrogens (primary N) is 1. The van der Waals surface area contributed by atoms with Crippen molar-refractivity contribution in [2.45, 2.75) is 39.7 Å². The van der Waals surface area contributed by atoms with Crippen molar-refractivity contribution >= 4 is 11.8 Å². The number of likely N-dealkylation sites (N-methyl/N-ethyl adjacent to an activating group) is 1. The first-order valence-electron chi connectivity index (χ1n) is 8.33. The third-order valence-corrected chi connectivity index (χ3v) is 3.40. The molecule has 0 saturated heterocycles. The molecule has 3 unspecified atom stereocenters. The van der Waals surface area contributed by atoms with Gasteiger partial charge in [-0.25, -0.2) is 0 Å². The van der Waals surface area contributed by atoms with Crippen LogP contribution in [0.25, 0.3) is 0 Å². The molecular weight excluding hydrogens is 296 g/mol. The van der Waals surface area contributed by atoms with Crippen molar-refractivity contribution in [2.75, 3.05) is 47.4 Å². The van der Waals surface area contributed by atoms with Crippen LogP contribution in [0.1, 0.15) is 33.6 Å². The fourth-order valence-electron chi connectivity index (χ4n) is 2.48. The molecule has 0 spiro atoms. The molecule has 0 aromatic heterocycles. The molecule has 0 rings (SSSR count). The number of quaternary nitrogens is 1. The second kappa shape index (κ2) is 10.7. The number of rotatable bonds is 12. The van der Waals surface area contributed by atoms with E-state index in [1.807, 2.05) is 13.8 Å². The van der Waals surface area contributed by atoms with E-state index in [9.17, 15) is 9.59 Å². The third kappa shape index (κ3) is 12.1. The molecule has 0 aliphatic heterocycles. The molecule has 0 aromatic rings. The molecule has 0 aromatic carbocycles. The zero-order valence-electron chi connectivity index (χ0n) is 15.6. The van der Waals surface area contributed by atoms with Crippen molar-refractivity contribution in [3.63, 3.8) is 0 Å². The van der Waals surface area contributed by atoms with E-state index in [4.69, 9.17) is 15.2 Å². The summed E-state index contributed by atoms with van der Waals surface area (Å²) in [5.74, 6) is -0.0362. The second-order valence-corrected chi connectivity index (χ2v) is 7.53. The lowest BCUT2D eigenvalue weighted by Crippen LogP contribution is -2.43. The topological polar surface area (TPSA) is 78.6 Å². The highest BCUT2D eigenvalue weighted by molar-refractivity contribution is 5.76. The van der Waals surface area contributed by atoms with E-state index in [0.717, 1.165) is 11.0 Å². The average molecular weight is 331 g/mol. The van der Waals surface area contributed by atoms with E-state index >= 15 is 0 Å². The Labute approximate surface area is 140 Å². The first kappa shape index (κ1) is 22.0. The van der Waals surface area contributed by atoms with Crippen LogP contribution in [0, 0.1) is 11.8 Å². The van der Waals surface area contributed by atoms with Gasteiger partial charge in [-0.3, -0.25) is 9.59 Å². The molecule has 0 saturated carbocycles. The Kier molecular flexibility index (Phi) is 10.3. The maximum absolute atomic E-state index is 11.7. The van der Waals surface area contributed by atoms with Crippen molar-refractivity contribution in [1.29, 1.82) is 0 Å². The van der Waals surface area contributed by atoms with Crippen LogP contribution in [0.15, 0.2) is 0 Å². The number of ketones is 1. The van der Waals surface area contributed by atoms with Crippen molar-refractivity contribution in [3.8, 4) is 0 Å². The first-order chi connectivity index (χ1) is 10.5. The summed E-state index contributed by atoms with van der Waals surface area (Å²) in [6, 6.07) is 0. The third-order valence-electron chi connectivity index (χ3n) is 3.40. The average Bonchev–Trinajstić information content (AvgIpc) is 2.39. The molecule has 0 bridgehead atoms. The van der Waals surface area contributed by atoms with Crippen LogP contribution < -0.4 is 5.73 Å². The molecule has 0 aliphatic carbocycles. The lowest BCUT2D eigenvalue weighted by Gasteiger charge is -2.29. The molecule has 2 N–H and O–H groups in total. The quantitative estimate of drug-likeness (QED) is 0.430. The molecule has 0 aliphatic rings. The summed E-state index contributed by atoms with van der Waals surface area (Å²) < 4.78 is 11.7. The minimum atomic E-state index is -0.214. The van der Waals surface area contributed by atoms with Gasteiger partial charge in [-0.1, -0.05) is 13.8 Å². The van der Waals surface area contributed by atoms with Gasteiger partial charge >= 0.3 is 5.97 Å². The zero-order chi connectivity index (χ0) is 18.0. The highest BCUT2D eigenvalue weighted by atomic mass is 16.5. The molecule has 6 nitrogen and oxygen atoms in total. The van der Waals surface area contributed by atoms with Gasteiger partial charge in [0.15, 0.2) is 0 Å². The maximum atomic E-state index is 11.7. The van der Waals surface area contributed by atoms with Crippen molar-refractivity contribution in [3.05, 3.63) is 0 Å². The van der Waals surface area contributed by atoms with Gasteiger partial charge in [0.05, 0.1) is 27.1 Å². The predicted molar refractivity (Wildman–Crippen MR) is 90.9 cm³/mol. The van der Waals surface area contributed by atoms with E-state index in [0.29, 0.717) is 26.0 Å². The van der Waals surface area contributed by atoms with Crippen molar-refractivity contribution in [2.24, 2.45) is 17.6 Å². The normalized spacial score (nSPS) is 15.8. The standard InChI is InChI=1S/C17H35N2O4/c1-13(9-14(2)17(21)22-8-7-18)12-23-16(10-15(3)20)11-19(4,5)6/h13-14,16H,7-12,18H2,1-6H3/q+1. The van der Waals surface area contributed by atoms with Gasteiger partial charge in [-0.15, -0.1) is 0 Å². The molecule has 6 heteroatoms. The number of carbonyl (C=O) groups is 2. The van der Waals surface area contributed by atoms with Crippen LogP contribution in [0.5, 0.6) is 0 Å². The molecule has 3 atom stereocenters. The molecule has 0 amide bonds. The number of nitrogens with zero attached hydrogens (tertiary/aromatic N) is 1. The largest absolute Gasteiger partial charge is 0.464 e. The predicted octanol–water partition coefficient (Wildman–Crippen LogP) is 1.22. The smallest absolute Gasteiger partial charge is 0.308 e. The summed E-state index contributed by atoms with van der Waals surface area (Å²) in [6.07, 6.45) is 1.03. The first-order valence-corrected chi connectivity index (χ1v) is 8.33. The molecule has 0 heterocycles. The van der Waals surface area contributed by atoms with Gasteiger partial charge in [0.1, 0.15) is 25.0 Å². The number of carbonyl (C=O) groups excluding carboxylic acids is 2. The van der Waals surface area contributed by atoms with E-state index in [2.05, 4.69) is 21.1 Å². The Hall–Kier alpha value is -0.980. The number of hydrogen-bond donors (Lipinski definition) is 1. The molecule has 23 heavy (non-hydrogen) atoms. The van der Waals surface area contributed by atoms with Crippen LogP contribution in [0.2, 0.25) is 0 Å². The van der Waals surface area contributed by atoms with E-state index in [-0.39, 0.29) is 36.3 Å². The summed E-state index contributed by atoms with van der Waals surface area (Å²) in [5, 5.41) is 0. The molecule has 136 valence electrons. The van der Waals surface area contributed by atoms with Gasteiger partial charge in [-0.05, 0) is 19.3 Å². The highest BCUT2D eigenvalue weighted by Crippen LogP contribution is 2.16. The van der Waals surface area contributed by atoms with Crippen LogP contribution in [-0.2, 0) is 19.1 Å². The lowest BCUT2D eigenvalue weighted by molar-refractivity contribution is -0.873. The monoisotopic (exact) mass is 331 g/mol. The van der Waals surface area contributed by atoms with Crippen molar-refractivity contribution in [1.82, 2.24) is 0 Å². The van der Waals surface area contributed by atoms with Crippen LogP contribution in [-0.4, -0.2) is 69.8 Å². The van der Waals surface area contributed by atoms with E-state index < -0.39 is 0 Å². The summed E-state index contributed by atoms with van der Waals surface area (Å²) >= 11 is 0. The number of esters is 1. The Morgan fingerprint density at radius 3 is 2.26 bits per heavy atom. The Bertz CT molecular complexity index is 366. The number of Topliss-reactive ketones (excluding diaryl/α,β-unsaturated/α-hetero) is 1. The number of hydrogen-bond acceptors (Lipinski definition) is 5. The van der Waals surface area contributed by atoms with E-state index in [1.54, 1.807) is 6.92 Å². The minimum absolute atomic E-state index is 0.0885. The molecule has 0 fully saturated rings.